The number of thiocarbonyl (C=S) groups is 1. The van der Waals surface area contributed by atoms with Gasteiger partial charge in [0.15, 0.2) is 0 Å². The number of rotatable bonds is 10. The van der Waals surface area contributed by atoms with E-state index >= 15 is 0 Å². The molecule has 3 rings (SSSR count). The molecule has 1 unspecified atom stereocenters. The van der Waals surface area contributed by atoms with Crippen molar-refractivity contribution in [3.05, 3.63) is 53.7 Å². The molecule has 1 heterocycles. The van der Waals surface area contributed by atoms with Crippen molar-refractivity contribution in [1.29, 1.82) is 0 Å². The number of phenolic OH excluding ortho intramolecular Hbond substituents is 2. The normalized spacial score (nSPS) is 12.5. The van der Waals surface area contributed by atoms with Crippen molar-refractivity contribution in [2.45, 2.75) is 78.9 Å². The molecule has 3 aromatic rings. The SMILES string of the molecule is CCC(CCNC(=O)OC(C)(C)C)CCn1ccc2cc(NC(=S)c3cc(C(C)C)c(O)cc3O)ccc21. The zero-order chi connectivity index (χ0) is 28.0. The zero-order valence-electron chi connectivity index (χ0n) is 23.3. The van der Waals surface area contributed by atoms with Crippen LogP contribution in [0.15, 0.2) is 42.6 Å². The maximum Gasteiger partial charge on any atom is 0.407 e. The average molecular weight is 540 g/mol. The number of aromatic nitrogens is 1. The van der Waals surface area contributed by atoms with Crippen LogP contribution in [0, 0.1) is 5.92 Å². The Kier molecular flexibility index (Phi) is 9.66. The third-order valence-corrected chi connectivity index (χ3v) is 6.94. The van der Waals surface area contributed by atoms with Crippen molar-refractivity contribution in [2.75, 3.05) is 11.9 Å². The second-order valence-corrected chi connectivity index (χ2v) is 11.5. The third-order valence-electron chi connectivity index (χ3n) is 6.62. The van der Waals surface area contributed by atoms with Gasteiger partial charge in [0.25, 0.3) is 0 Å². The largest absolute Gasteiger partial charge is 0.508 e. The standard InChI is InChI=1S/C30H41N3O4S/c1-7-20(10-13-31-29(36)37-30(4,5)6)11-14-33-15-12-21-16-22(8-9-25(21)33)32-28(38)24-17-23(19(2)3)26(34)18-27(24)35/h8-9,12,15-20,34-35H,7,10-11,13-14H2,1-6H3,(H,31,36)(H,32,38). The molecule has 1 amide bonds. The van der Waals surface area contributed by atoms with Crippen LogP contribution in [0.2, 0.25) is 0 Å². The number of ether oxygens (including phenoxy) is 1. The van der Waals surface area contributed by atoms with Crippen molar-refractivity contribution >= 4 is 39.9 Å². The Labute approximate surface area is 231 Å². The van der Waals surface area contributed by atoms with Crippen LogP contribution in [0.1, 0.15) is 77.8 Å². The molecule has 0 spiro atoms. The van der Waals surface area contributed by atoms with Crippen molar-refractivity contribution < 1.29 is 19.7 Å². The number of amides is 1. The van der Waals surface area contributed by atoms with E-state index in [9.17, 15) is 15.0 Å². The van der Waals surface area contributed by atoms with Crippen LogP contribution < -0.4 is 10.6 Å². The van der Waals surface area contributed by atoms with E-state index in [-0.39, 0.29) is 23.5 Å². The van der Waals surface area contributed by atoms with E-state index in [0.29, 0.717) is 23.0 Å². The number of benzene rings is 2. The highest BCUT2D eigenvalue weighted by Gasteiger charge is 2.17. The van der Waals surface area contributed by atoms with E-state index in [4.69, 9.17) is 17.0 Å². The fraction of sp³-hybridized carbons (Fsp3) is 0.467. The summed E-state index contributed by atoms with van der Waals surface area (Å²) in [6.45, 7) is 13.2. The van der Waals surface area contributed by atoms with Crippen LogP contribution in [-0.2, 0) is 11.3 Å². The Morgan fingerprint density at radius 1 is 1.08 bits per heavy atom. The number of anilines is 1. The molecule has 4 N–H and O–H groups in total. The molecule has 8 heteroatoms. The summed E-state index contributed by atoms with van der Waals surface area (Å²) in [5.41, 5.74) is 2.71. The van der Waals surface area contributed by atoms with Crippen LogP contribution in [0.25, 0.3) is 10.9 Å². The lowest BCUT2D eigenvalue weighted by atomic mass is 9.98. The Morgan fingerprint density at radius 3 is 2.47 bits per heavy atom. The Bertz CT molecular complexity index is 1280. The van der Waals surface area contributed by atoms with Gasteiger partial charge in [0, 0.05) is 41.9 Å². The summed E-state index contributed by atoms with van der Waals surface area (Å²) in [6.07, 6.45) is 4.69. The predicted octanol–water partition coefficient (Wildman–Crippen LogP) is 7.29. The molecule has 0 fully saturated rings. The molecule has 0 radical (unpaired) electrons. The van der Waals surface area contributed by atoms with Gasteiger partial charge in [-0.25, -0.2) is 4.79 Å². The fourth-order valence-corrected chi connectivity index (χ4v) is 4.76. The molecule has 7 nitrogen and oxygen atoms in total. The second kappa shape index (κ2) is 12.5. The van der Waals surface area contributed by atoms with Gasteiger partial charge in [0.2, 0.25) is 0 Å². The molecule has 0 bridgehead atoms. The topological polar surface area (TPSA) is 95.8 Å². The maximum atomic E-state index is 11.9. The number of carbonyl (C=O) groups excluding carboxylic acids is 1. The molecule has 1 aromatic heterocycles. The maximum absolute atomic E-state index is 11.9. The molecular formula is C30H41N3O4S. The highest BCUT2D eigenvalue weighted by molar-refractivity contribution is 7.81. The molecule has 0 aliphatic heterocycles. The molecule has 0 aliphatic rings. The number of alkyl carbamates (subject to hydrolysis) is 1. The lowest BCUT2D eigenvalue weighted by Crippen LogP contribution is -2.33. The van der Waals surface area contributed by atoms with Crippen LogP contribution in [0.4, 0.5) is 10.5 Å². The van der Waals surface area contributed by atoms with E-state index in [0.717, 1.165) is 48.0 Å². The number of carbonyl (C=O) groups is 1. The Balaban J connectivity index is 1.60. The highest BCUT2D eigenvalue weighted by atomic mass is 32.1. The lowest BCUT2D eigenvalue weighted by Gasteiger charge is -2.21. The smallest absolute Gasteiger partial charge is 0.407 e. The Morgan fingerprint density at radius 2 is 1.82 bits per heavy atom. The Hall–Kier alpha value is -3.26. The molecule has 0 saturated carbocycles. The van der Waals surface area contributed by atoms with Gasteiger partial charge in [-0.1, -0.05) is 39.4 Å². The van der Waals surface area contributed by atoms with Gasteiger partial charge in [-0.2, -0.15) is 0 Å². The molecule has 206 valence electrons. The van der Waals surface area contributed by atoms with Crippen LogP contribution in [-0.4, -0.2) is 38.0 Å². The van der Waals surface area contributed by atoms with E-state index in [1.807, 2.05) is 46.8 Å². The van der Waals surface area contributed by atoms with Crippen molar-refractivity contribution in [3.8, 4) is 11.5 Å². The average Bonchev–Trinajstić information content (AvgIpc) is 3.22. The molecule has 0 aliphatic carbocycles. The summed E-state index contributed by atoms with van der Waals surface area (Å²) in [5.74, 6) is 0.607. The number of nitrogens with zero attached hydrogens (tertiary/aromatic N) is 1. The summed E-state index contributed by atoms with van der Waals surface area (Å²) in [4.78, 5) is 12.3. The highest BCUT2D eigenvalue weighted by Crippen LogP contribution is 2.33. The predicted molar refractivity (Wildman–Crippen MR) is 158 cm³/mol. The van der Waals surface area contributed by atoms with Gasteiger partial charge < -0.3 is 30.2 Å². The fourth-order valence-electron chi connectivity index (χ4n) is 4.48. The number of fused-ring (bicyclic) bond motifs is 1. The van der Waals surface area contributed by atoms with Gasteiger partial charge in [-0.05, 0) is 81.3 Å². The zero-order valence-corrected chi connectivity index (χ0v) is 24.1. The summed E-state index contributed by atoms with van der Waals surface area (Å²) in [7, 11) is 0. The van der Waals surface area contributed by atoms with E-state index in [1.54, 1.807) is 6.07 Å². The van der Waals surface area contributed by atoms with Gasteiger partial charge in [-0.15, -0.1) is 0 Å². The van der Waals surface area contributed by atoms with Crippen molar-refractivity contribution in [2.24, 2.45) is 5.92 Å². The number of aryl methyl sites for hydroxylation is 1. The second-order valence-electron chi connectivity index (χ2n) is 11.1. The van der Waals surface area contributed by atoms with Gasteiger partial charge in [0.1, 0.15) is 22.1 Å². The minimum absolute atomic E-state index is 0.0524. The third kappa shape index (κ3) is 7.87. The van der Waals surface area contributed by atoms with Gasteiger partial charge in [-0.3, -0.25) is 0 Å². The van der Waals surface area contributed by atoms with Crippen LogP contribution in [0.3, 0.4) is 0 Å². The summed E-state index contributed by atoms with van der Waals surface area (Å²) in [5, 5.41) is 27.7. The molecule has 2 aromatic carbocycles. The number of nitrogens with one attached hydrogen (secondary N) is 2. The first-order chi connectivity index (χ1) is 17.9. The van der Waals surface area contributed by atoms with Crippen molar-refractivity contribution in [1.82, 2.24) is 9.88 Å². The quantitative estimate of drug-likeness (QED) is 0.202. The first-order valence-corrected chi connectivity index (χ1v) is 13.7. The van der Waals surface area contributed by atoms with Gasteiger partial charge in [0.05, 0.1) is 5.56 Å². The molecular weight excluding hydrogens is 498 g/mol. The van der Waals surface area contributed by atoms with E-state index in [2.05, 4.69) is 40.5 Å². The van der Waals surface area contributed by atoms with E-state index in [1.165, 1.54) is 6.07 Å². The van der Waals surface area contributed by atoms with Crippen molar-refractivity contribution in [3.63, 3.8) is 0 Å². The minimum atomic E-state index is -0.491. The first-order valence-electron chi connectivity index (χ1n) is 13.3. The summed E-state index contributed by atoms with van der Waals surface area (Å²) in [6, 6.07) is 11.3. The number of aromatic hydroxyl groups is 2. The van der Waals surface area contributed by atoms with Crippen LogP contribution >= 0.6 is 12.2 Å². The first kappa shape index (κ1) is 29.3. The molecule has 0 saturated heterocycles. The lowest BCUT2D eigenvalue weighted by molar-refractivity contribution is 0.0524. The van der Waals surface area contributed by atoms with Crippen LogP contribution in [0.5, 0.6) is 11.5 Å². The molecule has 1 atom stereocenters. The summed E-state index contributed by atoms with van der Waals surface area (Å²) >= 11 is 5.58. The number of hydrogen-bond donors (Lipinski definition) is 4. The summed E-state index contributed by atoms with van der Waals surface area (Å²) < 4.78 is 7.57. The minimum Gasteiger partial charge on any atom is -0.508 e. The van der Waals surface area contributed by atoms with Gasteiger partial charge >= 0.3 is 6.09 Å². The molecule has 38 heavy (non-hydrogen) atoms. The van der Waals surface area contributed by atoms with E-state index < -0.39 is 5.60 Å². The monoisotopic (exact) mass is 539 g/mol. The number of phenols is 2. The number of hydrogen-bond acceptors (Lipinski definition) is 5.